The van der Waals surface area contributed by atoms with Gasteiger partial charge in [-0.3, -0.25) is 4.79 Å². The van der Waals surface area contributed by atoms with Gasteiger partial charge in [-0.1, -0.05) is 24.3 Å². The Labute approximate surface area is 239 Å². The number of benzene rings is 2. The zero-order valence-corrected chi connectivity index (χ0v) is 22.7. The van der Waals surface area contributed by atoms with Crippen molar-refractivity contribution in [1.82, 2.24) is 19.9 Å². The SMILES string of the molecule is Cc1ccc2c(NC(=O)[C@H]3CC3(F)F)cccc2c1Oc1ncccc1-c1ccnc(NC2CCCN(C(=O)O)C2)n1. The maximum absolute atomic E-state index is 13.5. The fourth-order valence-corrected chi connectivity index (χ4v) is 5.19. The van der Waals surface area contributed by atoms with E-state index in [1.165, 1.54) is 4.90 Å². The van der Waals surface area contributed by atoms with Gasteiger partial charge in [-0.25, -0.2) is 28.5 Å². The Bertz CT molecular complexity index is 1680. The Balaban J connectivity index is 1.28. The van der Waals surface area contributed by atoms with E-state index < -0.39 is 30.3 Å². The van der Waals surface area contributed by atoms with Crippen molar-refractivity contribution in [2.45, 2.75) is 38.2 Å². The molecule has 2 amide bonds. The largest absolute Gasteiger partial charge is 0.465 e. The number of aromatic nitrogens is 3. The Morgan fingerprint density at radius 1 is 1.07 bits per heavy atom. The van der Waals surface area contributed by atoms with Crippen LogP contribution in [-0.4, -0.2) is 62.0 Å². The number of halogens is 2. The van der Waals surface area contributed by atoms with Crippen LogP contribution in [0, 0.1) is 12.8 Å². The van der Waals surface area contributed by atoms with Gasteiger partial charge in [-0.05, 0) is 49.6 Å². The molecule has 1 aliphatic carbocycles. The molecular weight excluding hydrogens is 546 g/mol. The first-order valence-electron chi connectivity index (χ1n) is 13.6. The van der Waals surface area contributed by atoms with Gasteiger partial charge >= 0.3 is 6.09 Å². The number of carboxylic acid groups (broad SMARTS) is 1. The Kier molecular flexibility index (Phi) is 7.05. The van der Waals surface area contributed by atoms with E-state index in [1.807, 2.05) is 31.2 Å². The number of rotatable bonds is 7. The monoisotopic (exact) mass is 574 g/mol. The maximum atomic E-state index is 13.5. The van der Waals surface area contributed by atoms with Crippen molar-refractivity contribution < 1.29 is 28.2 Å². The third-order valence-corrected chi connectivity index (χ3v) is 7.54. The summed E-state index contributed by atoms with van der Waals surface area (Å²) in [5.74, 6) is -3.82. The van der Waals surface area contributed by atoms with E-state index in [9.17, 15) is 23.5 Å². The van der Waals surface area contributed by atoms with Gasteiger partial charge in [0.05, 0.1) is 11.3 Å². The highest BCUT2D eigenvalue weighted by Crippen LogP contribution is 2.49. The van der Waals surface area contributed by atoms with Gasteiger partial charge in [-0.15, -0.1) is 0 Å². The van der Waals surface area contributed by atoms with Crippen LogP contribution in [0.3, 0.4) is 0 Å². The lowest BCUT2D eigenvalue weighted by Gasteiger charge is -2.31. The van der Waals surface area contributed by atoms with Crippen molar-refractivity contribution in [1.29, 1.82) is 0 Å². The third-order valence-electron chi connectivity index (χ3n) is 7.54. The number of amides is 2. The van der Waals surface area contributed by atoms with Gasteiger partial charge in [0, 0.05) is 54.4 Å². The van der Waals surface area contributed by atoms with Crippen molar-refractivity contribution in [3.8, 4) is 22.9 Å². The van der Waals surface area contributed by atoms with Crippen LogP contribution in [0.4, 0.5) is 25.2 Å². The Hall–Kier alpha value is -4.87. The predicted molar refractivity (Wildman–Crippen MR) is 152 cm³/mol. The molecule has 6 rings (SSSR count). The molecule has 216 valence electrons. The first-order chi connectivity index (χ1) is 20.2. The highest BCUT2D eigenvalue weighted by atomic mass is 19.3. The number of fused-ring (bicyclic) bond motifs is 1. The quantitative estimate of drug-likeness (QED) is 0.247. The zero-order chi connectivity index (χ0) is 29.4. The normalized spacial score (nSPS) is 19.3. The molecule has 3 N–H and O–H groups in total. The topological polar surface area (TPSA) is 130 Å². The van der Waals surface area contributed by atoms with E-state index in [-0.39, 0.29) is 6.04 Å². The van der Waals surface area contributed by atoms with Crippen molar-refractivity contribution in [3.63, 3.8) is 0 Å². The van der Waals surface area contributed by atoms with E-state index in [2.05, 4.69) is 25.6 Å². The number of hydrogen-bond donors (Lipinski definition) is 3. The standard InChI is InChI=1S/C30H28F2N6O4/c1-17-9-10-19-20(6-2-8-23(19)36-26(39)22-15-30(22,31)32)25(17)42-27-21(7-3-12-33-27)24-11-13-34-28(37-24)35-18-5-4-14-38(16-18)29(40)41/h2-3,6-13,18,22H,4-5,14-16H2,1H3,(H,36,39)(H,40,41)(H,34,35,37)/t18?,22-/m1/s1. The van der Waals surface area contributed by atoms with Gasteiger partial charge in [0.25, 0.3) is 5.92 Å². The van der Waals surface area contributed by atoms with E-state index >= 15 is 0 Å². The highest BCUT2D eigenvalue weighted by Gasteiger charge is 2.61. The van der Waals surface area contributed by atoms with Crippen LogP contribution in [0.15, 0.2) is 60.9 Å². The van der Waals surface area contributed by atoms with E-state index in [0.29, 0.717) is 58.4 Å². The van der Waals surface area contributed by atoms with Crippen LogP contribution in [-0.2, 0) is 4.79 Å². The lowest BCUT2D eigenvalue weighted by atomic mass is 10.0. The number of anilines is 2. The van der Waals surface area contributed by atoms with E-state index in [4.69, 9.17) is 4.74 Å². The first-order valence-corrected chi connectivity index (χ1v) is 13.6. The van der Waals surface area contributed by atoms with Crippen LogP contribution in [0.25, 0.3) is 22.0 Å². The molecule has 2 aromatic heterocycles. The fraction of sp³-hybridized carbons (Fsp3) is 0.300. The number of carbonyl (C=O) groups excluding carboxylic acids is 1. The molecule has 1 saturated carbocycles. The molecule has 1 saturated heterocycles. The third kappa shape index (κ3) is 5.52. The average Bonchev–Trinajstić information content (AvgIpc) is 3.63. The van der Waals surface area contributed by atoms with Crippen molar-refractivity contribution in [2.24, 2.45) is 5.92 Å². The predicted octanol–water partition coefficient (Wildman–Crippen LogP) is 5.94. The maximum Gasteiger partial charge on any atom is 0.407 e. The number of alkyl halides is 2. The molecule has 1 aliphatic heterocycles. The Morgan fingerprint density at radius 3 is 2.69 bits per heavy atom. The molecule has 10 nitrogen and oxygen atoms in total. The summed E-state index contributed by atoms with van der Waals surface area (Å²) in [4.78, 5) is 38.6. The summed E-state index contributed by atoms with van der Waals surface area (Å²) in [6, 6.07) is 14.1. The Morgan fingerprint density at radius 2 is 1.90 bits per heavy atom. The lowest BCUT2D eigenvalue weighted by molar-refractivity contribution is -0.119. The second-order valence-corrected chi connectivity index (χ2v) is 10.6. The second-order valence-electron chi connectivity index (χ2n) is 10.6. The molecular formula is C30H28F2N6O4. The molecule has 42 heavy (non-hydrogen) atoms. The minimum atomic E-state index is -2.96. The van der Waals surface area contributed by atoms with Crippen LogP contribution in [0.2, 0.25) is 0 Å². The number of nitrogens with one attached hydrogen (secondary N) is 2. The van der Waals surface area contributed by atoms with Gasteiger partial charge in [0.1, 0.15) is 11.7 Å². The summed E-state index contributed by atoms with van der Waals surface area (Å²) in [7, 11) is 0. The lowest BCUT2D eigenvalue weighted by Crippen LogP contribution is -2.44. The van der Waals surface area contributed by atoms with Crippen molar-refractivity contribution in [3.05, 3.63) is 66.5 Å². The number of hydrogen-bond acceptors (Lipinski definition) is 7. The number of likely N-dealkylation sites (tertiary alicyclic amines) is 1. The summed E-state index contributed by atoms with van der Waals surface area (Å²) < 4.78 is 33.3. The van der Waals surface area contributed by atoms with Gasteiger partial charge in [0.15, 0.2) is 0 Å². The molecule has 0 spiro atoms. The molecule has 1 unspecified atom stereocenters. The van der Waals surface area contributed by atoms with Crippen LogP contribution < -0.4 is 15.4 Å². The summed E-state index contributed by atoms with van der Waals surface area (Å²) in [6.45, 7) is 2.73. The van der Waals surface area contributed by atoms with E-state index in [0.717, 1.165) is 18.4 Å². The number of piperidine rings is 1. The average molecular weight is 575 g/mol. The number of ether oxygens (including phenoxy) is 1. The number of nitrogens with zero attached hydrogens (tertiary/aromatic N) is 4. The van der Waals surface area contributed by atoms with E-state index in [1.54, 1.807) is 36.7 Å². The summed E-state index contributed by atoms with van der Waals surface area (Å²) in [5, 5.41) is 16.6. The van der Waals surface area contributed by atoms with Crippen molar-refractivity contribution >= 4 is 34.4 Å². The van der Waals surface area contributed by atoms with Gasteiger partial charge < -0.3 is 25.4 Å². The molecule has 2 aromatic carbocycles. The summed E-state index contributed by atoms with van der Waals surface area (Å²) in [5.41, 5.74) is 2.39. The molecule has 0 radical (unpaired) electrons. The molecule has 0 bridgehead atoms. The summed E-state index contributed by atoms with van der Waals surface area (Å²) >= 11 is 0. The number of aryl methyl sites for hydroxylation is 1. The molecule has 12 heteroatoms. The minimum absolute atomic E-state index is 0.117. The molecule has 2 fully saturated rings. The fourth-order valence-electron chi connectivity index (χ4n) is 5.19. The minimum Gasteiger partial charge on any atom is -0.465 e. The first kappa shape index (κ1) is 27.3. The van der Waals surface area contributed by atoms with Crippen molar-refractivity contribution in [2.75, 3.05) is 23.7 Å². The van der Waals surface area contributed by atoms with Crippen LogP contribution in [0.5, 0.6) is 11.6 Å². The molecule has 4 aromatic rings. The van der Waals surface area contributed by atoms with Crippen LogP contribution in [0.1, 0.15) is 24.8 Å². The van der Waals surface area contributed by atoms with Crippen LogP contribution >= 0.6 is 0 Å². The van der Waals surface area contributed by atoms with Gasteiger partial charge in [0.2, 0.25) is 17.7 Å². The summed E-state index contributed by atoms with van der Waals surface area (Å²) in [6.07, 6.45) is 3.36. The number of pyridine rings is 1. The number of carbonyl (C=O) groups is 2. The van der Waals surface area contributed by atoms with Gasteiger partial charge in [-0.2, -0.15) is 0 Å². The second kappa shape index (κ2) is 10.8. The highest BCUT2D eigenvalue weighted by molar-refractivity contribution is 6.06. The molecule has 2 aliphatic rings. The smallest absolute Gasteiger partial charge is 0.407 e. The zero-order valence-electron chi connectivity index (χ0n) is 22.7. The molecule has 3 heterocycles. The molecule has 2 atom stereocenters.